The number of carbonyl (C=O) groups excluding carboxylic acids is 1. The topological polar surface area (TPSA) is 112 Å². The molecule has 3 aromatic heterocycles. The molecule has 0 radical (unpaired) electrons. The van der Waals surface area contributed by atoms with Crippen molar-refractivity contribution in [3.05, 3.63) is 68.9 Å². The zero-order valence-corrected chi connectivity index (χ0v) is 15.4. The minimum Gasteiger partial charge on any atom is -0.387 e. The van der Waals surface area contributed by atoms with Gasteiger partial charge in [0.25, 0.3) is 11.4 Å². The van der Waals surface area contributed by atoms with Crippen LogP contribution >= 0.6 is 11.3 Å². The lowest BCUT2D eigenvalue weighted by Gasteiger charge is -2.07. The molecule has 9 nitrogen and oxygen atoms in total. The highest BCUT2D eigenvalue weighted by Crippen LogP contribution is 2.20. The number of fused-ring (bicyclic) bond motifs is 1. The fourth-order valence-corrected chi connectivity index (χ4v) is 3.33. The maximum absolute atomic E-state index is 12.4. The number of rotatable bonds is 6. The summed E-state index contributed by atoms with van der Waals surface area (Å²) in [7, 11) is 0. The molecule has 0 bridgehead atoms. The van der Waals surface area contributed by atoms with E-state index in [0.717, 1.165) is 19.6 Å². The van der Waals surface area contributed by atoms with Gasteiger partial charge < -0.3 is 9.73 Å². The first-order chi connectivity index (χ1) is 13.6. The molecule has 4 rings (SSSR count). The molecule has 0 spiro atoms. The van der Waals surface area contributed by atoms with Crippen LogP contribution in [0.4, 0.5) is 0 Å². The number of amides is 1. The molecule has 1 amide bonds. The molecule has 0 fully saturated rings. The number of carbonyl (C=O) groups is 1. The Bertz CT molecular complexity index is 1240. The van der Waals surface area contributed by atoms with E-state index in [4.69, 9.17) is 4.42 Å². The van der Waals surface area contributed by atoms with E-state index in [2.05, 4.69) is 15.5 Å². The van der Waals surface area contributed by atoms with Crippen molar-refractivity contribution >= 4 is 28.0 Å². The molecule has 28 heavy (non-hydrogen) atoms. The zero-order valence-electron chi connectivity index (χ0n) is 14.6. The number of hydrogen-bond acceptors (Lipinski definition) is 7. The van der Waals surface area contributed by atoms with Crippen molar-refractivity contribution in [1.29, 1.82) is 0 Å². The average molecular weight is 397 g/mol. The lowest BCUT2D eigenvalue weighted by Crippen LogP contribution is -2.36. The Morgan fingerprint density at radius 3 is 2.82 bits per heavy atom. The van der Waals surface area contributed by atoms with E-state index in [0.29, 0.717) is 5.39 Å². The van der Waals surface area contributed by atoms with Gasteiger partial charge in [0.15, 0.2) is 0 Å². The summed E-state index contributed by atoms with van der Waals surface area (Å²) < 4.78 is 7.36. The van der Waals surface area contributed by atoms with Gasteiger partial charge in [-0.1, -0.05) is 24.3 Å². The zero-order chi connectivity index (χ0) is 19.5. The number of nitrogens with zero attached hydrogens (tertiary/aromatic N) is 4. The van der Waals surface area contributed by atoms with E-state index in [1.165, 1.54) is 11.3 Å². The van der Waals surface area contributed by atoms with Crippen molar-refractivity contribution in [2.75, 3.05) is 6.54 Å². The normalized spacial score (nSPS) is 11.0. The fourth-order valence-electron chi connectivity index (χ4n) is 2.68. The molecule has 4 aromatic rings. The Kier molecular flexibility index (Phi) is 4.85. The highest BCUT2D eigenvalue weighted by Gasteiger charge is 2.12. The van der Waals surface area contributed by atoms with Crippen LogP contribution < -0.4 is 16.6 Å². The van der Waals surface area contributed by atoms with Gasteiger partial charge in [0.2, 0.25) is 5.91 Å². The van der Waals surface area contributed by atoms with Crippen LogP contribution in [-0.4, -0.2) is 32.0 Å². The molecule has 1 N–H and O–H groups in total. The molecule has 0 atom stereocenters. The molecular weight excluding hydrogens is 382 g/mol. The molecule has 0 aliphatic heterocycles. The predicted octanol–water partition coefficient (Wildman–Crippen LogP) is 1.09. The van der Waals surface area contributed by atoms with Gasteiger partial charge in [0.1, 0.15) is 6.54 Å². The van der Waals surface area contributed by atoms with Crippen LogP contribution in [-0.2, 0) is 17.9 Å². The van der Waals surface area contributed by atoms with Gasteiger partial charge in [-0.3, -0.25) is 9.59 Å². The summed E-state index contributed by atoms with van der Waals surface area (Å²) >= 11 is 1.41. The standard InChI is InChI=1S/C18H15N5O4S/c24-15(11-23-17(25)13-5-2-1-4-12(13)10-20-23)19-7-8-22-18(26)27-16(21-22)14-6-3-9-28-14/h1-6,9-10H,7-8,11H2,(H,19,24). The summed E-state index contributed by atoms with van der Waals surface area (Å²) in [5, 5.41) is 13.9. The molecule has 0 unspecified atom stereocenters. The lowest BCUT2D eigenvalue weighted by molar-refractivity contribution is -0.121. The molecule has 1 aromatic carbocycles. The quantitative estimate of drug-likeness (QED) is 0.521. The van der Waals surface area contributed by atoms with Crippen LogP contribution in [0.5, 0.6) is 0 Å². The first kappa shape index (κ1) is 17.9. The van der Waals surface area contributed by atoms with Crippen LogP contribution in [0.15, 0.2) is 62.0 Å². The lowest BCUT2D eigenvalue weighted by atomic mass is 10.2. The van der Waals surface area contributed by atoms with Gasteiger partial charge in [-0.05, 0) is 17.5 Å². The Morgan fingerprint density at radius 2 is 2.00 bits per heavy atom. The van der Waals surface area contributed by atoms with Gasteiger partial charge in [-0.2, -0.15) is 9.78 Å². The van der Waals surface area contributed by atoms with Crippen molar-refractivity contribution in [3.8, 4) is 10.8 Å². The van der Waals surface area contributed by atoms with E-state index in [-0.39, 0.29) is 37.0 Å². The molecule has 10 heteroatoms. The van der Waals surface area contributed by atoms with Gasteiger partial charge in [-0.25, -0.2) is 9.48 Å². The Hall–Kier alpha value is -3.53. The predicted molar refractivity (Wildman–Crippen MR) is 103 cm³/mol. The second-order valence-corrected chi connectivity index (χ2v) is 6.87. The number of aromatic nitrogens is 4. The molecule has 0 saturated heterocycles. The molecule has 0 aliphatic rings. The minimum atomic E-state index is -0.593. The largest absolute Gasteiger partial charge is 0.437 e. The molecular formula is C18H15N5O4S. The third-order valence-electron chi connectivity index (χ3n) is 4.04. The van der Waals surface area contributed by atoms with Crippen molar-refractivity contribution in [1.82, 2.24) is 24.9 Å². The van der Waals surface area contributed by atoms with Crippen LogP contribution in [0.1, 0.15) is 0 Å². The van der Waals surface area contributed by atoms with E-state index in [1.54, 1.807) is 30.5 Å². The third kappa shape index (κ3) is 3.62. The maximum atomic E-state index is 12.4. The van der Waals surface area contributed by atoms with Gasteiger partial charge in [0.05, 0.1) is 23.0 Å². The van der Waals surface area contributed by atoms with Crippen LogP contribution in [0.25, 0.3) is 21.5 Å². The molecule has 0 saturated carbocycles. The Balaban J connectivity index is 1.37. The smallest absolute Gasteiger partial charge is 0.387 e. The monoisotopic (exact) mass is 397 g/mol. The molecule has 0 aliphatic carbocycles. The van der Waals surface area contributed by atoms with Crippen molar-refractivity contribution < 1.29 is 9.21 Å². The van der Waals surface area contributed by atoms with E-state index >= 15 is 0 Å². The number of thiophene rings is 1. The summed E-state index contributed by atoms with van der Waals surface area (Å²) in [6, 6.07) is 10.7. The first-order valence-electron chi connectivity index (χ1n) is 8.45. The first-order valence-corrected chi connectivity index (χ1v) is 9.33. The minimum absolute atomic E-state index is 0.152. The summed E-state index contributed by atoms with van der Waals surface area (Å²) in [6.45, 7) is 0.106. The second kappa shape index (κ2) is 7.61. The molecule has 142 valence electrons. The summed E-state index contributed by atoms with van der Waals surface area (Å²) in [4.78, 5) is 37.1. The van der Waals surface area contributed by atoms with Crippen LogP contribution in [0.2, 0.25) is 0 Å². The summed E-state index contributed by atoms with van der Waals surface area (Å²) in [5.74, 6) is -0.733. The maximum Gasteiger partial charge on any atom is 0.437 e. The summed E-state index contributed by atoms with van der Waals surface area (Å²) in [5.41, 5.74) is -0.332. The van der Waals surface area contributed by atoms with E-state index in [1.807, 2.05) is 17.5 Å². The number of hydrogen-bond donors (Lipinski definition) is 1. The third-order valence-corrected chi connectivity index (χ3v) is 4.90. The van der Waals surface area contributed by atoms with Crippen molar-refractivity contribution in [3.63, 3.8) is 0 Å². The molecule has 3 heterocycles. The van der Waals surface area contributed by atoms with Gasteiger partial charge in [0, 0.05) is 11.9 Å². The van der Waals surface area contributed by atoms with Gasteiger partial charge >= 0.3 is 5.76 Å². The average Bonchev–Trinajstić information content (AvgIpc) is 3.34. The highest BCUT2D eigenvalue weighted by atomic mass is 32.1. The number of nitrogens with one attached hydrogen (secondary N) is 1. The van der Waals surface area contributed by atoms with E-state index in [9.17, 15) is 14.4 Å². The SMILES string of the molecule is O=C(Cn1ncc2ccccc2c1=O)NCCn1nc(-c2cccs2)oc1=O. The second-order valence-electron chi connectivity index (χ2n) is 5.92. The summed E-state index contributed by atoms with van der Waals surface area (Å²) in [6.07, 6.45) is 1.55. The van der Waals surface area contributed by atoms with E-state index < -0.39 is 5.76 Å². The van der Waals surface area contributed by atoms with Crippen LogP contribution in [0.3, 0.4) is 0 Å². The fraction of sp³-hybridized carbons (Fsp3) is 0.167. The van der Waals surface area contributed by atoms with Gasteiger partial charge in [-0.15, -0.1) is 16.4 Å². The Labute approximate surface area is 161 Å². The Morgan fingerprint density at radius 1 is 1.14 bits per heavy atom. The van der Waals surface area contributed by atoms with Crippen molar-refractivity contribution in [2.45, 2.75) is 13.1 Å². The highest BCUT2D eigenvalue weighted by molar-refractivity contribution is 7.13. The van der Waals surface area contributed by atoms with Crippen LogP contribution in [0, 0.1) is 0 Å². The van der Waals surface area contributed by atoms with Crippen molar-refractivity contribution in [2.24, 2.45) is 0 Å². The number of benzene rings is 1.